The van der Waals surface area contributed by atoms with Crippen molar-refractivity contribution in [2.75, 3.05) is 0 Å². The van der Waals surface area contributed by atoms with Crippen molar-refractivity contribution in [1.29, 1.82) is 0 Å². The number of rotatable bonds is 3. The van der Waals surface area contributed by atoms with E-state index in [1.807, 2.05) is 17.4 Å². The van der Waals surface area contributed by atoms with Gasteiger partial charge >= 0.3 is 0 Å². The van der Waals surface area contributed by atoms with Gasteiger partial charge in [-0.25, -0.2) is 9.97 Å². The van der Waals surface area contributed by atoms with Crippen LogP contribution < -0.4 is 0 Å². The summed E-state index contributed by atoms with van der Waals surface area (Å²) in [5, 5.41) is 11.1. The first kappa shape index (κ1) is 28.8. The molecule has 12 aromatic rings. The van der Waals surface area contributed by atoms with Gasteiger partial charge in [-0.15, -0.1) is 11.3 Å². The first-order chi connectivity index (χ1) is 26.3. The molecule has 0 bridgehead atoms. The molecular weight excluding hydrogens is 665 g/mol. The average molecular weight is 693 g/mol. The fraction of sp³-hybridized carbons (Fsp3) is 0. The molecule has 0 aliphatic carbocycles. The van der Waals surface area contributed by atoms with E-state index in [2.05, 4.69) is 173 Å². The molecule has 0 unspecified atom stereocenters. The van der Waals surface area contributed by atoms with Crippen LogP contribution in [0.1, 0.15) is 0 Å². The van der Waals surface area contributed by atoms with Crippen molar-refractivity contribution in [3.05, 3.63) is 170 Å². The van der Waals surface area contributed by atoms with Gasteiger partial charge < -0.3 is 4.57 Å². The molecule has 0 aliphatic heterocycles. The van der Waals surface area contributed by atoms with Crippen LogP contribution in [0.5, 0.6) is 0 Å². The standard InChI is InChI=1S/C48H28N4S/c1-2-13-30(14-3-1)46-35-17-6-9-19-39(35)49-48(50-46)52-41-21-11-8-18-36(41)45-42(52)25-24-34-38-27-37-33-16-7-10-20-40(33)51(43(37)28-44(38)53-47(34)45)32-23-22-29-12-4-5-15-31(29)26-32/h1-28H. The Bertz CT molecular complexity index is 3460. The first-order valence-corrected chi connectivity index (χ1v) is 18.7. The van der Waals surface area contributed by atoms with Gasteiger partial charge in [0.05, 0.1) is 33.3 Å². The highest BCUT2D eigenvalue weighted by Gasteiger charge is 2.22. The van der Waals surface area contributed by atoms with Gasteiger partial charge in [0.15, 0.2) is 0 Å². The quantitative estimate of drug-likeness (QED) is 0.185. The van der Waals surface area contributed by atoms with Gasteiger partial charge in [-0.2, -0.15) is 0 Å². The lowest BCUT2D eigenvalue weighted by Gasteiger charge is -2.11. The molecule has 0 saturated carbocycles. The van der Waals surface area contributed by atoms with E-state index in [0.717, 1.165) is 33.2 Å². The number of benzene rings is 8. The second-order valence-corrected chi connectivity index (χ2v) is 14.8. The van der Waals surface area contributed by atoms with Crippen molar-refractivity contribution >= 4 is 96.8 Å². The third kappa shape index (κ3) is 4.11. The van der Waals surface area contributed by atoms with Crippen molar-refractivity contribution < 1.29 is 0 Å². The van der Waals surface area contributed by atoms with E-state index in [4.69, 9.17) is 9.97 Å². The van der Waals surface area contributed by atoms with E-state index >= 15 is 0 Å². The molecule has 0 aliphatic rings. The average Bonchev–Trinajstić information content (AvgIpc) is 3.87. The van der Waals surface area contributed by atoms with Crippen LogP contribution in [0.4, 0.5) is 0 Å². The zero-order valence-corrected chi connectivity index (χ0v) is 29.2. The van der Waals surface area contributed by atoms with E-state index in [0.29, 0.717) is 5.95 Å². The van der Waals surface area contributed by atoms with Crippen molar-refractivity contribution in [2.24, 2.45) is 0 Å². The first-order valence-electron chi connectivity index (χ1n) is 17.9. The molecule has 4 nitrogen and oxygen atoms in total. The predicted octanol–water partition coefficient (Wildman–Crippen LogP) is 13.0. The summed E-state index contributed by atoms with van der Waals surface area (Å²) in [4.78, 5) is 10.5. The van der Waals surface area contributed by atoms with Crippen LogP contribution in [-0.2, 0) is 0 Å². The van der Waals surface area contributed by atoms with Gasteiger partial charge in [0.25, 0.3) is 0 Å². The van der Waals surface area contributed by atoms with Crippen LogP contribution in [0.2, 0.25) is 0 Å². The summed E-state index contributed by atoms with van der Waals surface area (Å²) in [7, 11) is 0. The molecule has 4 aromatic heterocycles. The Labute approximate surface area is 307 Å². The lowest BCUT2D eigenvalue weighted by molar-refractivity contribution is 1.01. The van der Waals surface area contributed by atoms with Crippen molar-refractivity contribution in [2.45, 2.75) is 0 Å². The SMILES string of the molecule is c1ccc(-c2nc(-n3c4ccccc4c4c5sc6cc7c(cc6c5ccc43)c3ccccc3n7-c3ccc4ccccc4c3)nc3ccccc23)cc1. The molecule has 0 spiro atoms. The summed E-state index contributed by atoms with van der Waals surface area (Å²) in [6.07, 6.45) is 0. The van der Waals surface area contributed by atoms with Crippen LogP contribution >= 0.6 is 11.3 Å². The Balaban J connectivity index is 1.15. The molecule has 0 saturated heterocycles. The highest BCUT2D eigenvalue weighted by atomic mass is 32.1. The highest BCUT2D eigenvalue weighted by Crippen LogP contribution is 2.46. The van der Waals surface area contributed by atoms with Crippen LogP contribution in [0.3, 0.4) is 0 Å². The minimum atomic E-state index is 0.677. The molecule has 5 heteroatoms. The number of fused-ring (bicyclic) bond motifs is 12. The molecule has 0 fully saturated rings. The van der Waals surface area contributed by atoms with Crippen molar-refractivity contribution in [3.8, 4) is 22.9 Å². The van der Waals surface area contributed by atoms with Crippen LogP contribution in [0.15, 0.2) is 170 Å². The summed E-state index contributed by atoms with van der Waals surface area (Å²) in [6, 6.07) is 61.1. The maximum Gasteiger partial charge on any atom is 0.235 e. The van der Waals surface area contributed by atoms with Crippen molar-refractivity contribution in [3.63, 3.8) is 0 Å². The van der Waals surface area contributed by atoms with Gasteiger partial charge in [0.2, 0.25) is 5.95 Å². The van der Waals surface area contributed by atoms with Gasteiger partial charge in [-0.05, 0) is 59.3 Å². The maximum absolute atomic E-state index is 5.31. The Hall–Kier alpha value is -6.82. The second kappa shape index (κ2) is 10.8. The summed E-state index contributed by atoms with van der Waals surface area (Å²) < 4.78 is 7.25. The molecule has 4 heterocycles. The van der Waals surface area contributed by atoms with Crippen LogP contribution in [0, 0.1) is 0 Å². The minimum Gasteiger partial charge on any atom is -0.309 e. The monoisotopic (exact) mass is 692 g/mol. The fourth-order valence-electron chi connectivity index (χ4n) is 8.54. The number of thiophene rings is 1. The molecular formula is C48H28N4S. The third-order valence-corrected chi connectivity index (χ3v) is 12.1. The van der Waals surface area contributed by atoms with Gasteiger partial charge in [-0.1, -0.05) is 121 Å². The smallest absolute Gasteiger partial charge is 0.235 e. The normalized spacial score (nSPS) is 12.2. The van der Waals surface area contributed by atoms with E-state index in [1.54, 1.807) is 0 Å². The Kier molecular flexibility index (Phi) is 5.90. The number of para-hydroxylation sites is 3. The van der Waals surface area contributed by atoms with E-state index in [-0.39, 0.29) is 0 Å². The number of aromatic nitrogens is 4. The minimum absolute atomic E-state index is 0.677. The lowest BCUT2D eigenvalue weighted by atomic mass is 10.1. The molecule has 246 valence electrons. The largest absolute Gasteiger partial charge is 0.309 e. The van der Waals surface area contributed by atoms with E-state index in [9.17, 15) is 0 Å². The van der Waals surface area contributed by atoms with Gasteiger partial charge in [0, 0.05) is 58.4 Å². The fourth-order valence-corrected chi connectivity index (χ4v) is 9.81. The molecule has 0 atom stereocenters. The van der Waals surface area contributed by atoms with Gasteiger partial charge in [-0.3, -0.25) is 4.57 Å². The topological polar surface area (TPSA) is 35.6 Å². The lowest BCUT2D eigenvalue weighted by Crippen LogP contribution is -2.03. The highest BCUT2D eigenvalue weighted by molar-refractivity contribution is 7.26. The summed E-state index contributed by atoms with van der Waals surface area (Å²) in [6.45, 7) is 0. The Morgan fingerprint density at radius 3 is 2.00 bits per heavy atom. The van der Waals surface area contributed by atoms with Crippen LogP contribution in [-0.4, -0.2) is 19.1 Å². The Morgan fingerprint density at radius 1 is 0.415 bits per heavy atom. The summed E-state index contributed by atoms with van der Waals surface area (Å²) in [5.74, 6) is 0.677. The molecule has 0 N–H and O–H groups in total. The maximum atomic E-state index is 5.31. The van der Waals surface area contributed by atoms with Crippen molar-refractivity contribution in [1.82, 2.24) is 19.1 Å². The second-order valence-electron chi connectivity index (χ2n) is 13.8. The van der Waals surface area contributed by atoms with E-state index < -0.39 is 0 Å². The number of hydrogen-bond donors (Lipinski definition) is 0. The summed E-state index contributed by atoms with van der Waals surface area (Å²) >= 11 is 1.88. The number of nitrogens with zero attached hydrogens (tertiary/aromatic N) is 4. The molecule has 12 rings (SSSR count). The Morgan fingerprint density at radius 2 is 1.13 bits per heavy atom. The van der Waals surface area contributed by atoms with E-state index in [1.165, 1.54) is 69.2 Å². The molecule has 8 aromatic carbocycles. The molecule has 0 radical (unpaired) electrons. The molecule has 53 heavy (non-hydrogen) atoms. The zero-order chi connectivity index (χ0) is 34.6. The third-order valence-electron chi connectivity index (χ3n) is 10.9. The number of hydrogen-bond acceptors (Lipinski definition) is 3. The van der Waals surface area contributed by atoms with Gasteiger partial charge in [0.1, 0.15) is 0 Å². The zero-order valence-electron chi connectivity index (χ0n) is 28.4. The summed E-state index contributed by atoms with van der Waals surface area (Å²) in [5.41, 5.74) is 8.75. The van der Waals surface area contributed by atoms with Crippen LogP contribution in [0.25, 0.3) is 108 Å². The molecule has 0 amide bonds. The predicted molar refractivity (Wildman–Crippen MR) is 224 cm³/mol.